The van der Waals surface area contributed by atoms with E-state index in [4.69, 9.17) is 5.73 Å². The molecule has 0 saturated heterocycles. The van der Waals surface area contributed by atoms with Crippen molar-refractivity contribution in [1.29, 1.82) is 0 Å². The van der Waals surface area contributed by atoms with Crippen molar-refractivity contribution in [1.82, 2.24) is 10.2 Å². The lowest BCUT2D eigenvalue weighted by Gasteiger charge is -2.52. The van der Waals surface area contributed by atoms with E-state index in [1.165, 1.54) is 25.9 Å². The fourth-order valence-electron chi connectivity index (χ4n) is 6.96. The molecule has 6 atom stereocenters. The average molecular weight is 562 g/mol. The molecule has 0 spiro atoms. The van der Waals surface area contributed by atoms with Gasteiger partial charge in [0.2, 0.25) is 11.8 Å². The van der Waals surface area contributed by atoms with Crippen LogP contribution in [-0.2, 0) is 36.9 Å². The summed E-state index contributed by atoms with van der Waals surface area (Å²) in [6, 6.07) is 9.65. The molecule has 0 aliphatic heterocycles. The fourth-order valence-corrected chi connectivity index (χ4v) is 6.96. The molecule has 0 aromatic heterocycles. The number of amides is 2. The number of fused-ring (bicyclic) bond motifs is 3. The van der Waals surface area contributed by atoms with Gasteiger partial charge in [-0.05, 0) is 55.6 Å². The van der Waals surface area contributed by atoms with Gasteiger partial charge in [-0.15, -0.1) is 0 Å². The van der Waals surface area contributed by atoms with Gasteiger partial charge in [0.1, 0.15) is 5.75 Å². The van der Waals surface area contributed by atoms with Crippen molar-refractivity contribution in [2.24, 2.45) is 29.4 Å². The third kappa shape index (κ3) is 4.18. The fraction of sp³-hybridized carbons (Fsp3) is 0.400. The molecule has 2 fully saturated rings. The van der Waals surface area contributed by atoms with Gasteiger partial charge < -0.3 is 21.3 Å². The number of carbonyl (C=O) groups excluding carboxylic acids is 6. The van der Waals surface area contributed by atoms with Crippen molar-refractivity contribution in [3.05, 3.63) is 53.1 Å². The molecule has 2 amide bonds. The number of rotatable bonds is 5. The summed E-state index contributed by atoms with van der Waals surface area (Å²) in [5.74, 6) is -11.4. The molecule has 3 aliphatic rings. The maximum Gasteiger partial charge on any atom is 0.235 e. The molecule has 2 saturated carbocycles. The number of phenolic OH excluding ortho intramolecular Hbond substituents is 1. The molecule has 0 heterocycles. The van der Waals surface area contributed by atoms with Crippen LogP contribution in [0.5, 0.6) is 5.75 Å². The number of benzene rings is 2. The molecular formula is C30H31N3O8. The van der Waals surface area contributed by atoms with Crippen LogP contribution in [0.1, 0.15) is 34.8 Å². The van der Waals surface area contributed by atoms with Crippen LogP contribution >= 0.6 is 0 Å². The van der Waals surface area contributed by atoms with Crippen LogP contribution in [0.4, 0.5) is 0 Å². The number of likely N-dealkylation sites (N-methyl/N-ethyl adjacent to an activating group) is 1. The lowest BCUT2D eigenvalue weighted by Crippen LogP contribution is -2.74. The van der Waals surface area contributed by atoms with E-state index in [1.54, 1.807) is 6.07 Å². The van der Waals surface area contributed by atoms with E-state index < -0.39 is 70.1 Å². The largest absolute Gasteiger partial charge is 0.507 e. The second kappa shape index (κ2) is 10.0. The molecular weight excluding hydrogens is 530 g/mol. The van der Waals surface area contributed by atoms with Gasteiger partial charge in [0, 0.05) is 24.9 Å². The zero-order valence-electron chi connectivity index (χ0n) is 22.8. The summed E-state index contributed by atoms with van der Waals surface area (Å²) in [5.41, 5.74) is 4.59. The number of Topliss-reactive ketones (excluding diaryl/α,β-unsaturated/α-hetero) is 4. The van der Waals surface area contributed by atoms with Crippen molar-refractivity contribution in [2.45, 2.75) is 38.0 Å². The zero-order valence-corrected chi connectivity index (χ0v) is 22.8. The van der Waals surface area contributed by atoms with Crippen molar-refractivity contribution in [3.63, 3.8) is 0 Å². The van der Waals surface area contributed by atoms with Crippen LogP contribution in [0.25, 0.3) is 11.1 Å². The summed E-state index contributed by atoms with van der Waals surface area (Å²) >= 11 is 0. The van der Waals surface area contributed by atoms with Crippen LogP contribution < -0.4 is 11.1 Å². The van der Waals surface area contributed by atoms with Crippen molar-refractivity contribution < 1.29 is 39.0 Å². The average Bonchev–Trinajstić information content (AvgIpc) is 2.90. The van der Waals surface area contributed by atoms with Crippen LogP contribution in [0.2, 0.25) is 0 Å². The van der Waals surface area contributed by atoms with Crippen LogP contribution in [-0.4, -0.2) is 75.8 Å². The molecule has 11 nitrogen and oxygen atoms in total. The van der Waals surface area contributed by atoms with Crippen LogP contribution in [0, 0.1) is 23.7 Å². The maximum absolute atomic E-state index is 14.1. The molecule has 5 rings (SSSR count). The van der Waals surface area contributed by atoms with Gasteiger partial charge in [-0.3, -0.25) is 33.7 Å². The molecule has 2 unspecified atom stereocenters. The zero-order chi connectivity index (χ0) is 30.0. The molecule has 5 N–H and O–H groups in total. The normalized spacial score (nSPS) is 29.0. The van der Waals surface area contributed by atoms with Gasteiger partial charge in [-0.25, -0.2) is 0 Å². The number of ketones is 4. The predicted molar refractivity (Wildman–Crippen MR) is 144 cm³/mol. The van der Waals surface area contributed by atoms with E-state index in [9.17, 15) is 39.0 Å². The first kappa shape index (κ1) is 28.3. The highest BCUT2D eigenvalue weighted by Crippen LogP contribution is 2.52. The van der Waals surface area contributed by atoms with E-state index in [0.29, 0.717) is 11.1 Å². The first-order chi connectivity index (χ1) is 19.3. The maximum atomic E-state index is 14.1. The Bertz CT molecular complexity index is 1520. The van der Waals surface area contributed by atoms with Crippen molar-refractivity contribution in [3.8, 4) is 16.9 Å². The van der Waals surface area contributed by atoms with Gasteiger partial charge >= 0.3 is 0 Å². The number of aromatic hydroxyl groups is 1. The molecule has 2 aromatic carbocycles. The van der Waals surface area contributed by atoms with Crippen molar-refractivity contribution >= 4 is 34.9 Å². The van der Waals surface area contributed by atoms with E-state index in [-0.39, 0.29) is 36.4 Å². The Hall–Kier alpha value is -4.22. The number of aliphatic hydroxyl groups is 1. The Morgan fingerprint density at radius 2 is 1.76 bits per heavy atom. The van der Waals surface area contributed by atoms with E-state index in [2.05, 4.69) is 5.32 Å². The molecule has 0 bridgehead atoms. The minimum absolute atomic E-state index is 0.0352. The lowest BCUT2D eigenvalue weighted by atomic mass is 9.52. The molecule has 214 valence electrons. The number of nitrogens with zero attached hydrogens (tertiary/aromatic N) is 1. The highest BCUT2D eigenvalue weighted by atomic mass is 16.3. The topological polar surface area (TPSA) is 184 Å². The number of hydrogen-bond acceptors (Lipinski definition) is 9. The SMILES string of the molecule is CC(=O)NCc1cc(-c2ccccc2)c2c(c1O)C(=O)C1C(=O)[C@]3(O)C(=O)C(C(N)=O)C(=O)[C@@H](N(C)C)[C@@H]3C[C@@H]1C2. The predicted octanol–water partition coefficient (Wildman–Crippen LogP) is 0.170. The standard InChI is InChI=1S/C30H31N3O8/c1-13(34)32-12-16-10-17(14-7-5-4-6-8-14)18-9-15-11-19-23(33(2)3)26(37)22(29(31)40)28(39)30(19,41)27(38)20(15)25(36)21(18)24(16)35/h4-8,10,15,19-20,22-23,35,41H,9,11-12H2,1-3H3,(H2,31,40)(H,32,34)/t15-,19-,20?,22?,23-,30-/m0/s1. The molecule has 0 radical (unpaired) electrons. The smallest absolute Gasteiger partial charge is 0.235 e. The van der Waals surface area contributed by atoms with Gasteiger partial charge in [-0.2, -0.15) is 0 Å². The molecule has 11 heteroatoms. The Balaban J connectivity index is 1.69. The number of primary amides is 1. The monoisotopic (exact) mass is 561 g/mol. The first-order valence-corrected chi connectivity index (χ1v) is 13.3. The Morgan fingerprint density at radius 1 is 1.10 bits per heavy atom. The summed E-state index contributed by atoms with van der Waals surface area (Å²) in [7, 11) is 3.08. The second-order valence-corrected chi connectivity index (χ2v) is 11.4. The highest BCUT2D eigenvalue weighted by molar-refractivity contribution is 6.32. The summed E-state index contributed by atoms with van der Waals surface area (Å²) in [5, 5.41) is 25.6. The second-order valence-electron chi connectivity index (χ2n) is 11.4. The highest BCUT2D eigenvalue weighted by Gasteiger charge is 2.69. The molecule has 41 heavy (non-hydrogen) atoms. The number of nitrogens with two attached hydrogens (primary N) is 1. The lowest BCUT2D eigenvalue weighted by molar-refractivity contribution is -0.181. The summed E-state index contributed by atoms with van der Waals surface area (Å²) in [6.07, 6.45) is 0.108. The Kier molecular flexibility index (Phi) is 6.91. The quantitative estimate of drug-likeness (QED) is 0.370. The first-order valence-electron chi connectivity index (χ1n) is 13.3. The van der Waals surface area contributed by atoms with E-state index in [1.807, 2.05) is 30.3 Å². The van der Waals surface area contributed by atoms with E-state index >= 15 is 0 Å². The number of nitrogens with one attached hydrogen (secondary N) is 1. The third-order valence-corrected chi connectivity index (χ3v) is 8.75. The minimum atomic E-state index is -2.79. The molecule has 3 aliphatic carbocycles. The number of hydrogen-bond donors (Lipinski definition) is 4. The molecule has 2 aromatic rings. The van der Waals surface area contributed by atoms with Crippen molar-refractivity contribution in [2.75, 3.05) is 14.1 Å². The van der Waals surface area contributed by atoms with Gasteiger partial charge in [0.05, 0.1) is 17.5 Å². The summed E-state index contributed by atoms with van der Waals surface area (Å²) in [4.78, 5) is 80.1. The summed E-state index contributed by atoms with van der Waals surface area (Å²) in [6.45, 7) is 1.23. The van der Waals surface area contributed by atoms with Crippen LogP contribution in [0.3, 0.4) is 0 Å². The van der Waals surface area contributed by atoms with Gasteiger partial charge in [0.15, 0.2) is 34.7 Å². The Morgan fingerprint density at radius 3 is 2.34 bits per heavy atom. The Labute approximate surface area is 235 Å². The van der Waals surface area contributed by atoms with E-state index in [0.717, 1.165) is 5.56 Å². The minimum Gasteiger partial charge on any atom is -0.507 e. The van der Waals surface area contributed by atoms with Crippen LogP contribution in [0.15, 0.2) is 36.4 Å². The van der Waals surface area contributed by atoms with Gasteiger partial charge in [-0.1, -0.05) is 30.3 Å². The third-order valence-electron chi connectivity index (χ3n) is 8.75. The van der Waals surface area contributed by atoms with Gasteiger partial charge in [0.25, 0.3) is 0 Å². The number of phenols is 1. The summed E-state index contributed by atoms with van der Waals surface area (Å²) < 4.78 is 0. The number of carbonyl (C=O) groups is 6.